The third kappa shape index (κ3) is 1.46. The summed E-state index contributed by atoms with van der Waals surface area (Å²) < 4.78 is 6.57. The van der Waals surface area contributed by atoms with Gasteiger partial charge < -0.3 is 0 Å². The molecule has 0 spiro atoms. The van der Waals surface area contributed by atoms with Crippen LogP contribution in [0.25, 0.3) is 10.8 Å². The van der Waals surface area contributed by atoms with Crippen LogP contribution < -0.4 is 8.97 Å². The molecule has 0 aromatic heterocycles. The van der Waals surface area contributed by atoms with Crippen molar-refractivity contribution in [1.29, 1.82) is 0 Å². The van der Waals surface area contributed by atoms with E-state index in [1.54, 1.807) is 7.11 Å². The fraction of sp³-hybridized carbons (Fsp3) is 0.0909. The molecule has 60 valence electrons. The number of rotatable bonds is 1. The Morgan fingerprint density at radius 1 is 1.00 bits per heavy atom. The van der Waals surface area contributed by atoms with Gasteiger partial charge in [-0.05, 0) is 0 Å². The average molecular weight is 164 g/mol. The molecule has 0 atom stereocenters. The van der Waals surface area contributed by atoms with Gasteiger partial charge >= 0.3 is 86.7 Å². The Morgan fingerprint density at radius 2 is 1.69 bits per heavy atom. The molecule has 2 rings (SSSR count). The summed E-state index contributed by atoms with van der Waals surface area (Å²) in [7, 11) is 1.71. The van der Waals surface area contributed by atoms with E-state index >= 15 is 0 Å². The van der Waals surface area contributed by atoms with Gasteiger partial charge in [0.15, 0.2) is 0 Å². The van der Waals surface area contributed by atoms with Crippen LogP contribution >= 0.6 is 0 Å². The average Bonchev–Trinajstić information content (AvgIpc) is 2.19. The van der Waals surface area contributed by atoms with Gasteiger partial charge in [0.05, 0.1) is 0 Å². The number of hydrogen-bond acceptors (Lipinski definition) is 1. The summed E-state index contributed by atoms with van der Waals surface area (Å²) in [5.74, 6) is 0.946. The first kappa shape index (κ1) is 8.68. The fourth-order valence-electron chi connectivity index (χ4n) is 1.60. The quantitative estimate of drug-likeness (QED) is 0.582. The molecule has 0 amide bonds. The van der Waals surface area contributed by atoms with Crippen molar-refractivity contribution in [1.82, 2.24) is 0 Å². The van der Waals surface area contributed by atoms with Crippen molar-refractivity contribution in [2.75, 3.05) is 7.11 Å². The van der Waals surface area contributed by atoms with Gasteiger partial charge in [-0.2, -0.15) is 0 Å². The van der Waals surface area contributed by atoms with Crippen molar-refractivity contribution >= 4 is 32.7 Å². The number of hydrogen-bond donors (Lipinski definition) is 0. The van der Waals surface area contributed by atoms with Crippen LogP contribution in [0.4, 0.5) is 0 Å². The normalized spacial score (nSPS) is 10.4. The molecule has 0 unspecified atom stereocenters. The van der Waals surface area contributed by atoms with Gasteiger partial charge in [-0.15, -0.1) is 0 Å². The molecule has 0 bridgehead atoms. The zero-order chi connectivity index (χ0) is 9.26. The van der Waals surface area contributed by atoms with Crippen LogP contribution in [0.2, 0.25) is 0 Å². The molecule has 0 saturated heterocycles. The Kier molecular flexibility index (Phi) is 2.31. The van der Waals surface area contributed by atoms with Gasteiger partial charge in [0.25, 0.3) is 0 Å². The van der Waals surface area contributed by atoms with E-state index in [0.717, 1.165) is 5.75 Å². The molecule has 13 heavy (non-hydrogen) atoms. The second-order valence-corrected chi connectivity index (χ2v) is 3.13. The number of fused-ring (bicyclic) bond motifs is 1. The molecule has 0 saturated carbocycles. The SMILES string of the molecule is [Li][c]1ccc(OC)c2ccccc12. The third-order valence-electron chi connectivity index (χ3n) is 2.32. The van der Waals surface area contributed by atoms with Crippen molar-refractivity contribution in [2.24, 2.45) is 0 Å². The molecule has 0 heterocycles. The number of benzene rings is 2. The molecule has 2 heteroatoms. The van der Waals surface area contributed by atoms with Crippen LogP contribution in [0.1, 0.15) is 0 Å². The first-order valence-electron chi connectivity index (χ1n) is 4.35. The minimum atomic E-state index is 0.946. The topological polar surface area (TPSA) is 9.23 Å². The van der Waals surface area contributed by atoms with Crippen LogP contribution in [0.3, 0.4) is 0 Å². The number of methoxy groups -OCH3 is 1. The predicted molar refractivity (Wildman–Crippen MR) is 55.9 cm³/mol. The number of ether oxygens (including phenoxy) is 1. The van der Waals surface area contributed by atoms with E-state index in [9.17, 15) is 0 Å². The van der Waals surface area contributed by atoms with E-state index in [1.807, 2.05) is 12.1 Å². The summed E-state index contributed by atoms with van der Waals surface area (Å²) >= 11 is 2.11. The van der Waals surface area contributed by atoms with Gasteiger partial charge in [0.2, 0.25) is 0 Å². The zero-order valence-electron chi connectivity index (χ0n) is 7.87. The molecule has 2 aromatic rings. The van der Waals surface area contributed by atoms with Crippen LogP contribution in [0.15, 0.2) is 36.4 Å². The van der Waals surface area contributed by atoms with Crippen LogP contribution in [0, 0.1) is 0 Å². The van der Waals surface area contributed by atoms with Gasteiger partial charge in [-0.25, -0.2) is 0 Å². The van der Waals surface area contributed by atoms with Crippen LogP contribution in [-0.2, 0) is 0 Å². The molecule has 2 aromatic carbocycles. The van der Waals surface area contributed by atoms with E-state index in [-0.39, 0.29) is 0 Å². The zero-order valence-corrected chi connectivity index (χ0v) is 7.87. The summed E-state index contributed by atoms with van der Waals surface area (Å²) in [4.78, 5) is 0. The molecular weight excluding hydrogens is 155 g/mol. The fourth-order valence-corrected chi connectivity index (χ4v) is 1.60. The van der Waals surface area contributed by atoms with E-state index in [2.05, 4.69) is 42.0 Å². The van der Waals surface area contributed by atoms with Crippen molar-refractivity contribution < 1.29 is 4.74 Å². The Balaban J connectivity index is 2.84. The Hall–Kier alpha value is -0.903. The van der Waals surface area contributed by atoms with Gasteiger partial charge in [-0.1, -0.05) is 0 Å². The maximum absolute atomic E-state index is 5.28. The molecule has 0 fully saturated rings. The Morgan fingerprint density at radius 3 is 2.38 bits per heavy atom. The van der Waals surface area contributed by atoms with Crippen molar-refractivity contribution in [3.05, 3.63) is 36.4 Å². The monoisotopic (exact) mass is 164 g/mol. The molecule has 0 aliphatic rings. The molecule has 0 radical (unpaired) electrons. The Labute approximate surface area is 86.9 Å². The maximum atomic E-state index is 5.28. The summed E-state index contributed by atoms with van der Waals surface area (Å²) in [6.07, 6.45) is 0. The minimum absolute atomic E-state index is 0.946. The summed E-state index contributed by atoms with van der Waals surface area (Å²) in [6.45, 7) is 0. The second-order valence-electron chi connectivity index (χ2n) is 3.13. The molecule has 0 aliphatic heterocycles. The standard InChI is InChI=1S/C11H9O.Li/c1-12-11-8-4-6-9-5-2-3-7-10(9)11;/h2-5,7-8H,1H3;. The van der Waals surface area contributed by atoms with E-state index < -0.39 is 0 Å². The van der Waals surface area contributed by atoms with E-state index in [4.69, 9.17) is 4.74 Å². The van der Waals surface area contributed by atoms with Crippen molar-refractivity contribution in [2.45, 2.75) is 0 Å². The van der Waals surface area contributed by atoms with Gasteiger partial charge in [-0.3, -0.25) is 0 Å². The van der Waals surface area contributed by atoms with Gasteiger partial charge in [0, 0.05) is 0 Å². The molecular formula is C11H9LiO. The first-order valence-corrected chi connectivity index (χ1v) is 4.35. The van der Waals surface area contributed by atoms with E-state index in [1.165, 1.54) is 15.0 Å². The van der Waals surface area contributed by atoms with Gasteiger partial charge in [0.1, 0.15) is 0 Å². The van der Waals surface area contributed by atoms with Crippen LogP contribution in [-0.4, -0.2) is 24.8 Å². The third-order valence-corrected chi connectivity index (χ3v) is 2.32. The molecule has 1 nitrogen and oxygen atoms in total. The van der Waals surface area contributed by atoms with E-state index in [0.29, 0.717) is 0 Å². The Bertz CT molecular complexity index is 437. The second kappa shape index (κ2) is 3.45. The first-order chi connectivity index (χ1) is 6.33. The molecule has 0 aliphatic carbocycles. The summed E-state index contributed by atoms with van der Waals surface area (Å²) in [5.41, 5.74) is 0. The predicted octanol–water partition coefficient (Wildman–Crippen LogP) is 1.64. The summed E-state index contributed by atoms with van der Waals surface area (Å²) in [6, 6.07) is 12.4. The summed E-state index contributed by atoms with van der Waals surface area (Å²) in [5, 5.41) is 2.45. The van der Waals surface area contributed by atoms with Crippen molar-refractivity contribution in [3.63, 3.8) is 0 Å². The van der Waals surface area contributed by atoms with Crippen molar-refractivity contribution in [3.8, 4) is 5.75 Å². The van der Waals surface area contributed by atoms with Crippen LogP contribution in [0.5, 0.6) is 5.75 Å². The molecule has 0 N–H and O–H groups in total.